The van der Waals surface area contributed by atoms with Crippen molar-refractivity contribution in [3.05, 3.63) is 17.5 Å². The molecule has 1 rings (SSSR count). The molecule has 0 aliphatic rings. The van der Waals surface area contributed by atoms with Gasteiger partial charge in [-0.3, -0.25) is 0 Å². The third-order valence-electron chi connectivity index (χ3n) is 1.48. The highest BCUT2D eigenvalue weighted by molar-refractivity contribution is 5.05. The lowest BCUT2D eigenvalue weighted by molar-refractivity contribution is 0.349. The summed E-state index contributed by atoms with van der Waals surface area (Å²) in [7, 11) is 3.99. The fraction of sp³-hybridized carbons (Fsp3) is 0.625. The molecule has 0 aliphatic carbocycles. The van der Waals surface area contributed by atoms with Gasteiger partial charge in [0, 0.05) is 19.0 Å². The van der Waals surface area contributed by atoms with Crippen LogP contribution in [0.25, 0.3) is 0 Å². The predicted molar refractivity (Wildman–Crippen MR) is 46.7 cm³/mol. The van der Waals surface area contributed by atoms with Crippen molar-refractivity contribution in [2.24, 2.45) is 5.73 Å². The largest absolute Gasteiger partial charge is 0.361 e. The molecule has 0 bridgehead atoms. The number of hydrogen-bond donors (Lipinski definition) is 1. The van der Waals surface area contributed by atoms with E-state index in [0.29, 0.717) is 6.54 Å². The number of nitrogens with two attached hydrogens (primary N) is 1. The monoisotopic (exact) mass is 169 g/mol. The van der Waals surface area contributed by atoms with Gasteiger partial charge in [0.05, 0.1) is 5.69 Å². The second-order valence-electron chi connectivity index (χ2n) is 3.06. The molecule has 2 N–H and O–H groups in total. The first-order chi connectivity index (χ1) is 5.72. The molecular formula is C8H15N3O. The van der Waals surface area contributed by atoms with E-state index < -0.39 is 0 Å². The highest BCUT2D eigenvalue weighted by Crippen LogP contribution is 2.04. The van der Waals surface area contributed by atoms with E-state index in [0.717, 1.165) is 24.4 Å². The maximum absolute atomic E-state index is 5.37. The summed E-state index contributed by atoms with van der Waals surface area (Å²) in [6.07, 6.45) is 0.764. The first-order valence-corrected chi connectivity index (χ1v) is 4.01. The Morgan fingerprint density at radius 2 is 2.33 bits per heavy atom. The van der Waals surface area contributed by atoms with Gasteiger partial charge in [0.25, 0.3) is 0 Å². The van der Waals surface area contributed by atoms with Crippen LogP contribution in [0.1, 0.15) is 11.5 Å². The van der Waals surface area contributed by atoms with Crippen molar-refractivity contribution < 1.29 is 4.52 Å². The number of nitrogens with zero attached hydrogens (tertiary/aromatic N) is 2. The standard InChI is InChI=1S/C8H15N3O/c1-11(2)6-7-5-8(3-4-9)12-10-7/h5H,3-4,6,9H2,1-2H3. The van der Waals surface area contributed by atoms with Gasteiger partial charge in [-0.15, -0.1) is 0 Å². The molecule has 1 aromatic heterocycles. The molecule has 68 valence electrons. The molecule has 0 saturated heterocycles. The second-order valence-corrected chi connectivity index (χ2v) is 3.06. The molecule has 1 heterocycles. The minimum absolute atomic E-state index is 0.608. The van der Waals surface area contributed by atoms with Crippen LogP contribution in [0.5, 0.6) is 0 Å². The van der Waals surface area contributed by atoms with E-state index in [-0.39, 0.29) is 0 Å². The predicted octanol–water partition coefficient (Wildman–Crippen LogP) is 0.237. The van der Waals surface area contributed by atoms with Gasteiger partial charge < -0.3 is 15.2 Å². The van der Waals surface area contributed by atoms with E-state index in [9.17, 15) is 0 Å². The lowest BCUT2D eigenvalue weighted by Gasteiger charge is -2.04. The fourth-order valence-electron chi connectivity index (χ4n) is 1.01. The number of aromatic nitrogens is 1. The molecule has 0 saturated carbocycles. The van der Waals surface area contributed by atoms with E-state index in [1.165, 1.54) is 0 Å². The minimum atomic E-state index is 0.608. The van der Waals surface area contributed by atoms with Crippen molar-refractivity contribution in [3.8, 4) is 0 Å². The van der Waals surface area contributed by atoms with E-state index >= 15 is 0 Å². The summed E-state index contributed by atoms with van der Waals surface area (Å²) in [5, 5.41) is 3.90. The van der Waals surface area contributed by atoms with Crippen molar-refractivity contribution in [2.75, 3.05) is 20.6 Å². The third kappa shape index (κ3) is 2.64. The second kappa shape index (κ2) is 4.23. The van der Waals surface area contributed by atoms with Crippen molar-refractivity contribution in [3.63, 3.8) is 0 Å². The molecule has 0 atom stereocenters. The maximum Gasteiger partial charge on any atom is 0.138 e. The van der Waals surface area contributed by atoms with E-state index in [4.69, 9.17) is 10.3 Å². The average Bonchev–Trinajstić information content (AvgIpc) is 2.36. The van der Waals surface area contributed by atoms with Gasteiger partial charge in [-0.1, -0.05) is 5.16 Å². The molecule has 12 heavy (non-hydrogen) atoms. The molecule has 4 heteroatoms. The van der Waals surface area contributed by atoms with Gasteiger partial charge >= 0.3 is 0 Å². The Kier molecular flexibility index (Phi) is 3.25. The van der Waals surface area contributed by atoms with Crippen LogP contribution in [0.15, 0.2) is 10.6 Å². The molecule has 4 nitrogen and oxygen atoms in total. The molecule has 0 amide bonds. The lowest BCUT2D eigenvalue weighted by atomic mass is 10.3. The van der Waals surface area contributed by atoms with Crippen LogP contribution in [0.2, 0.25) is 0 Å². The molecule has 0 spiro atoms. The molecule has 0 radical (unpaired) electrons. The summed E-state index contributed by atoms with van der Waals surface area (Å²) in [6, 6.07) is 1.95. The van der Waals surface area contributed by atoms with Crippen LogP contribution in [0, 0.1) is 0 Å². The smallest absolute Gasteiger partial charge is 0.138 e. The van der Waals surface area contributed by atoms with Crippen molar-refractivity contribution in [1.29, 1.82) is 0 Å². The zero-order valence-corrected chi connectivity index (χ0v) is 7.58. The summed E-state index contributed by atoms with van der Waals surface area (Å²) in [5.74, 6) is 0.870. The molecular weight excluding hydrogens is 154 g/mol. The topological polar surface area (TPSA) is 55.3 Å². The Morgan fingerprint density at radius 3 is 2.92 bits per heavy atom. The van der Waals surface area contributed by atoms with Crippen molar-refractivity contribution in [2.45, 2.75) is 13.0 Å². The van der Waals surface area contributed by atoms with Crippen LogP contribution in [0.4, 0.5) is 0 Å². The summed E-state index contributed by atoms with van der Waals surface area (Å²) < 4.78 is 5.05. The Morgan fingerprint density at radius 1 is 1.58 bits per heavy atom. The van der Waals surface area contributed by atoms with E-state index in [2.05, 4.69) is 5.16 Å². The third-order valence-corrected chi connectivity index (χ3v) is 1.48. The zero-order valence-electron chi connectivity index (χ0n) is 7.58. The first-order valence-electron chi connectivity index (χ1n) is 4.01. The van der Waals surface area contributed by atoms with Gasteiger partial charge in [0.15, 0.2) is 0 Å². The molecule has 0 aromatic carbocycles. The summed E-state index contributed by atoms with van der Waals surface area (Å²) in [5.41, 5.74) is 6.33. The van der Waals surface area contributed by atoms with Gasteiger partial charge in [-0.05, 0) is 20.6 Å². The van der Waals surface area contributed by atoms with Crippen LogP contribution in [-0.4, -0.2) is 30.7 Å². The van der Waals surface area contributed by atoms with Gasteiger partial charge in [0.2, 0.25) is 0 Å². The summed E-state index contributed by atoms with van der Waals surface area (Å²) >= 11 is 0. The van der Waals surface area contributed by atoms with Crippen molar-refractivity contribution in [1.82, 2.24) is 10.1 Å². The van der Waals surface area contributed by atoms with E-state index in [1.807, 2.05) is 25.1 Å². The van der Waals surface area contributed by atoms with Gasteiger partial charge in [-0.2, -0.15) is 0 Å². The van der Waals surface area contributed by atoms with Crippen LogP contribution in [-0.2, 0) is 13.0 Å². The molecule has 1 aromatic rings. The lowest BCUT2D eigenvalue weighted by Crippen LogP contribution is -2.10. The maximum atomic E-state index is 5.37. The zero-order chi connectivity index (χ0) is 8.97. The van der Waals surface area contributed by atoms with Crippen molar-refractivity contribution >= 4 is 0 Å². The Hall–Kier alpha value is -0.870. The summed E-state index contributed by atoms with van der Waals surface area (Å²) in [6.45, 7) is 1.42. The average molecular weight is 169 g/mol. The van der Waals surface area contributed by atoms with E-state index in [1.54, 1.807) is 0 Å². The van der Waals surface area contributed by atoms with Gasteiger partial charge in [0.1, 0.15) is 5.76 Å². The highest BCUT2D eigenvalue weighted by Gasteiger charge is 2.03. The van der Waals surface area contributed by atoms with Crippen LogP contribution >= 0.6 is 0 Å². The molecule has 0 unspecified atom stereocenters. The highest BCUT2D eigenvalue weighted by atomic mass is 16.5. The molecule has 0 fully saturated rings. The Balaban J connectivity index is 2.52. The SMILES string of the molecule is CN(C)Cc1cc(CCN)on1. The van der Waals surface area contributed by atoms with Crippen LogP contribution in [0.3, 0.4) is 0 Å². The quantitative estimate of drug-likeness (QED) is 0.701. The number of rotatable bonds is 4. The first kappa shape index (κ1) is 9.22. The van der Waals surface area contributed by atoms with Gasteiger partial charge in [-0.25, -0.2) is 0 Å². The minimum Gasteiger partial charge on any atom is -0.361 e. The Bertz CT molecular complexity index is 232. The number of hydrogen-bond acceptors (Lipinski definition) is 4. The Labute approximate surface area is 72.3 Å². The fourth-order valence-corrected chi connectivity index (χ4v) is 1.01. The summed E-state index contributed by atoms with van der Waals surface area (Å²) in [4.78, 5) is 2.05. The molecule has 0 aliphatic heterocycles. The van der Waals surface area contributed by atoms with Crippen LogP contribution < -0.4 is 5.73 Å². The normalized spacial score (nSPS) is 11.0.